The second-order valence-electron chi connectivity index (χ2n) is 5.09. The van der Waals surface area contributed by atoms with Crippen LogP contribution in [0.15, 0.2) is 46.8 Å². The summed E-state index contributed by atoms with van der Waals surface area (Å²) in [7, 11) is 0. The van der Waals surface area contributed by atoms with Gasteiger partial charge in [-0.15, -0.1) is 11.8 Å². The third-order valence-electron chi connectivity index (χ3n) is 3.25. The van der Waals surface area contributed by atoms with E-state index in [-0.39, 0.29) is 11.7 Å². The van der Waals surface area contributed by atoms with Gasteiger partial charge in [-0.3, -0.25) is 15.1 Å². The molecule has 128 valence electrons. The van der Waals surface area contributed by atoms with Crippen molar-refractivity contribution in [3.8, 4) is 0 Å². The van der Waals surface area contributed by atoms with Crippen molar-refractivity contribution in [3.05, 3.63) is 70.4 Å². The van der Waals surface area contributed by atoms with Gasteiger partial charge < -0.3 is 0 Å². The van der Waals surface area contributed by atoms with Crippen LogP contribution in [0.3, 0.4) is 0 Å². The first kappa shape index (κ1) is 17.8. The third-order valence-corrected chi connectivity index (χ3v) is 5.97. The van der Waals surface area contributed by atoms with E-state index in [1.807, 2.05) is 6.92 Å². The van der Waals surface area contributed by atoms with E-state index in [0.717, 1.165) is 9.90 Å². The average Bonchev–Trinajstić information content (AvgIpc) is 2.94. The molecule has 4 nitrogen and oxygen atoms in total. The molecule has 0 fully saturated rings. The van der Waals surface area contributed by atoms with Gasteiger partial charge in [0.2, 0.25) is 0 Å². The zero-order chi connectivity index (χ0) is 17.8. The summed E-state index contributed by atoms with van der Waals surface area (Å²) >= 11 is 8.59. The van der Waals surface area contributed by atoms with Gasteiger partial charge in [0.1, 0.15) is 11.5 Å². The van der Waals surface area contributed by atoms with Crippen molar-refractivity contribution in [2.45, 2.75) is 16.9 Å². The molecule has 0 bridgehead atoms. The number of aromatic nitrogens is 2. The lowest BCUT2D eigenvalue weighted by atomic mass is 10.2. The number of benzene rings is 1. The number of halogens is 2. The van der Waals surface area contributed by atoms with Crippen LogP contribution in [0, 0.1) is 12.7 Å². The first-order chi connectivity index (χ1) is 12.0. The Morgan fingerprint density at radius 3 is 2.92 bits per heavy atom. The van der Waals surface area contributed by atoms with E-state index in [1.54, 1.807) is 36.5 Å². The number of hydrogen-bond acceptors (Lipinski definition) is 5. The minimum absolute atomic E-state index is 0.311. The second kappa shape index (κ2) is 7.95. The third kappa shape index (κ3) is 4.56. The Kier molecular flexibility index (Phi) is 5.67. The molecule has 0 spiro atoms. The molecule has 2 aromatic heterocycles. The highest BCUT2D eigenvalue weighted by atomic mass is 35.5. The molecule has 1 N–H and O–H groups in total. The number of nitrogens with one attached hydrogen (secondary N) is 1. The predicted molar refractivity (Wildman–Crippen MR) is 100 cm³/mol. The van der Waals surface area contributed by atoms with E-state index in [0.29, 0.717) is 27.2 Å². The van der Waals surface area contributed by atoms with Crippen LogP contribution >= 0.6 is 34.7 Å². The summed E-state index contributed by atoms with van der Waals surface area (Å²) in [6.45, 7) is 1.85. The van der Waals surface area contributed by atoms with Crippen LogP contribution in [0.1, 0.15) is 21.7 Å². The lowest BCUT2D eigenvalue weighted by Crippen LogP contribution is -2.13. The van der Waals surface area contributed by atoms with Gasteiger partial charge in [0.25, 0.3) is 5.91 Å². The molecule has 0 atom stereocenters. The zero-order valence-corrected chi connectivity index (χ0v) is 15.5. The van der Waals surface area contributed by atoms with Crippen molar-refractivity contribution in [2.24, 2.45) is 0 Å². The smallest absolute Gasteiger partial charge is 0.276 e. The largest absolute Gasteiger partial charge is 0.296 e. The van der Waals surface area contributed by atoms with Gasteiger partial charge in [-0.1, -0.05) is 35.1 Å². The van der Waals surface area contributed by atoms with Crippen LogP contribution in [0.25, 0.3) is 0 Å². The number of hydrogen-bond donors (Lipinski definition) is 1. The minimum atomic E-state index is -0.328. The average molecular weight is 394 g/mol. The summed E-state index contributed by atoms with van der Waals surface area (Å²) in [6, 6.07) is 9.76. The maximum atomic E-state index is 13.8. The van der Waals surface area contributed by atoms with Crippen LogP contribution in [-0.4, -0.2) is 15.9 Å². The predicted octanol–water partition coefficient (Wildman–Crippen LogP) is 5.18. The van der Waals surface area contributed by atoms with Crippen molar-refractivity contribution in [1.82, 2.24) is 9.97 Å². The second-order valence-corrected chi connectivity index (χ2v) is 7.76. The molecule has 0 radical (unpaired) electrons. The SMILES string of the molecule is Cc1nc(NC(=O)c2ccccn2)sc1SCc1ccc(Cl)cc1F. The van der Waals surface area contributed by atoms with Crippen LogP contribution < -0.4 is 5.32 Å². The first-order valence-corrected chi connectivity index (χ1v) is 9.47. The van der Waals surface area contributed by atoms with Gasteiger partial charge in [-0.2, -0.15) is 0 Å². The maximum Gasteiger partial charge on any atom is 0.276 e. The van der Waals surface area contributed by atoms with Crippen LogP contribution in [-0.2, 0) is 5.75 Å². The lowest BCUT2D eigenvalue weighted by Gasteiger charge is -2.02. The highest BCUT2D eigenvalue weighted by molar-refractivity contribution is 8.00. The van der Waals surface area contributed by atoms with Gasteiger partial charge in [0.15, 0.2) is 5.13 Å². The Hall–Kier alpha value is -1.96. The Morgan fingerprint density at radius 1 is 1.36 bits per heavy atom. The van der Waals surface area contributed by atoms with Gasteiger partial charge in [-0.05, 0) is 36.8 Å². The van der Waals surface area contributed by atoms with Gasteiger partial charge >= 0.3 is 0 Å². The summed E-state index contributed by atoms with van der Waals surface area (Å²) < 4.78 is 14.8. The molecule has 2 heterocycles. The van der Waals surface area contributed by atoms with Crippen molar-refractivity contribution in [2.75, 3.05) is 5.32 Å². The molecule has 3 aromatic rings. The standard InChI is InChI=1S/C17H13ClFN3OS2/c1-10-16(24-9-11-5-6-12(18)8-13(11)19)25-17(21-10)22-15(23)14-4-2-3-7-20-14/h2-8H,9H2,1H3,(H,21,22,23). The van der Waals surface area contributed by atoms with Crippen LogP contribution in [0.5, 0.6) is 0 Å². The highest BCUT2D eigenvalue weighted by Crippen LogP contribution is 2.34. The van der Waals surface area contributed by atoms with E-state index < -0.39 is 0 Å². The van der Waals surface area contributed by atoms with E-state index >= 15 is 0 Å². The van der Waals surface area contributed by atoms with Gasteiger partial charge in [0.05, 0.1) is 9.90 Å². The maximum absolute atomic E-state index is 13.8. The number of anilines is 1. The Labute approximate surface area is 157 Å². The number of amides is 1. The van der Waals surface area contributed by atoms with E-state index in [4.69, 9.17) is 11.6 Å². The molecule has 0 saturated carbocycles. The zero-order valence-electron chi connectivity index (χ0n) is 13.1. The summed E-state index contributed by atoms with van der Waals surface area (Å²) in [6.07, 6.45) is 1.56. The number of thiazole rings is 1. The molecule has 0 aliphatic carbocycles. The Morgan fingerprint density at radius 2 is 2.20 bits per heavy atom. The number of thioether (sulfide) groups is 1. The Bertz CT molecular complexity index is 902. The number of carbonyl (C=O) groups excluding carboxylic acids is 1. The summed E-state index contributed by atoms with van der Waals surface area (Å²) in [5.74, 6) is -0.180. The molecular formula is C17H13ClFN3OS2. The van der Waals surface area contributed by atoms with E-state index in [2.05, 4.69) is 15.3 Å². The fraction of sp³-hybridized carbons (Fsp3) is 0.118. The molecule has 1 amide bonds. The quantitative estimate of drug-likeness (QED) is 0.606. The molecule has 8 heteroatoms. The van der Waals surface area contributed by atoms with Crippen molar-refractivity contribution in [3.63, 3.8) is 0 Å². The minimum Gasteiger partial charge on any atom is -0.296 e. The van der Waals surface area contributed by atoms with Gasteiger partial charge in [-0.25, -0.2) is 9.37 Å². The first-order valence-electron chi connectivity index (χ1n) is 7.29. The van der Waals surface area contributed by atoms with E-state index in [9.17, 15) is 9.18 Å². The number of pyridine rings is 1. The summed E-state index contributed by atoms with van der Waals surface area (Å²) in [4.78, 5) is 20.5. The fourth-order valence-electron chi connectivity index (χ4n) is 2.01. The van der Waals surface area contributed by atoms with Crippen LogP contribution in [0.4, 0.5) is 9.52 Å². The fourth-order valence-corrected chi connectivity index (χ4v) is 4.29. The normalized spacial score (nSPS) is 10.7. The number of rotatable bonds is 5. The number of carbonyl (C=O) groups is 1. The number of aryl methyl sites for hydroxylation is 1. The van der Waals surface area contributed by atoms with Crippen molar-refractivity contribution in [1.29, 1.82) is 0 Å². The van der Waals surface area contributed by atoms with Crippen LogP contribution in [0.2, 0.25) is 5.02 Å². The molecule has 0 aliphatic heterocycles. The van der Waals surface area contributed by atoms with E-state index in [1.165, 1.54) is 29.2 Å². The Balaban J connectivity index is 1.67. The molecule has 3 rings (SSSR count). The molecule has 0 aliphatic rings. The van der Waals surface area contributed by atoms with Gasteiger partial charge in [0, 0.05) is 17.0 Å². The molecular weight excluding hydrogens is 381 g/mol. The topological polar surface area (TPSA) is 54.9 Å². The summed E-state index contributed by atoms with van der Waals surface area (Å²) in [5.41, 5.74) is 1.69. The molecule has 1 aromatic carbocycles. The van der Waals surface area contributed by atoms with Crippen molar-refractivity contribution >= 4 is 45.7 Å². The monoisotopic (exact) mass is 393 g/mol. The molecule has 0 saturated heterocycles. The molecule has 0 unspecified atom stereocenters. The van der Waals surface area contributed by atoms with Crippen molar-refractivity contribution < 1.29 is 9.18 Å². The number of nitrogens with zero attached hydrogens (tertiary/aromatic N) is 2. The highest BCUT2D eigenvalue weighted by Gasteiger charge is 2.13. The lowest BCUT2D eigenvalue weighted by molar-refractivity contribution is 0.102. The molecule has 25 heavy (non-hydrogen) atoms. The summed E-state index contributed by atoms with van der Waals surface area (Å²) in [5, 5.41) is 3.61.